The van der Waals surface area contributed by atoms with E-state index in [4.69, 9.17) is 9.47 Å². The Labute approximate surface area is 89.0 Å². The second-order valence-electron chi connectivity index (χ2n) is 2.54. The summed E-state index contributed by atoms with van der Waals surface area (Å²) < 4.78 is 35.6. The molecule has 0 atom stereocenters. The molecule has 0 fully saturated rings. The Morgan fingerprint density at radius 1 is 1.29 bits per heavy atom. The van der Waals surface area contributed by atoms with E-state index in [9.17, 15) is 8.78 Å². The van der Waals surface area contributed by atoms with Crippen LogP contribution in [0.25, 0.3) is 0 Å². The summed E-state index contributed by atoms with van der Waals surface area (Å²) in [5, 5.41) is 0. The molecule has 2 nitrogen and oxygen atoms in total. The van der Waals surface area contributed by atoms with Crippen LogP contribution in [-0.4, -0.2) is 20.3 Å². The van der Waals surface area contributed by atoms with Gasteiger partial charge in [0, 0.05) is 19.2 Å². The van der Waals surface area contributed by atoms with Crippen molar-refractivity contribution in [3.05, 3.63) is 28.2 Å². The van der Waals surface area contributed by atoms with E-state index in [1.807, 2.05) is 0 Å². The normalized spacial score (nSPS) is 10.3. The molecule has 0 heterocycles. The number of hydrogen-bond acceptors (Lipinski definition) is 2. The Morgan fingerprint density at radius 2 is 2.00 bits per heavy atom. The van der Waals surface area contributed by atoms with Crippen LogP contribution in [0.3, 0.4) is 0 Å². The summed E-state index contributed by atoms with van der Waals surface area (Å²) in [6.07, 6.45) is 0. The van der Waals surface area contributed by atoms with Crippen LogP contribution >= 0.6 is 15.9 Å². The fourth-order valence-corrected chi connectivity index (χ4v) is 1.22. The van der Waals surface area contributed by atoms with Crippen LogP contribution in [-0.2, 0) is 4.74 Å². The van der Waals surface area contributed by atoms with E-state index in [-0.39, 0.29) is 16.8 Å². The van der Waals surface area contributed by atoms with Crippen molar-refractivity contribution >= 4 is 15.9 Å². The molecule has 0 N–H and O–H groups in total. The quantitative estimate of drug-likeness (QED) is 0.617. The second kappa shape index (κ2) is 5.26. The SMILES string of the molecule is COCCOc1cc(F)cc(F)c1Br. The van der Waals surface area contributed by atoms with Crippen molar-refractivity contribution in [3.8, 4) is 5.75 Å². The van der Waals surface area contributed by atoms with Crippen LogP contribution in [0.15, 0.2) is 16.6 Å². The summed E-state index contributed by atoms with van der Waals surface area (Å²) >= 11 is 2.96. The molecule has 5 heteroatoms. The van der Waals surface area contributed by atoms with Gasteiger partial charge >= 0.3 is 0 Å². The van der Waals surface area contributed by atoms with Gasteiger partial charge < -0.3 is 9.47 Å². The van der Waals surface area contributed by atoms with E-state index in [2.05, 4.69) is 15.9 Å². The van der Waals surface area contributed by atoms with E-state index in [0.29, 0.717) is 6.61 Å². The summed E-state index contributed by atoms with van der Waals surface area (Å²) in [7, 11) is 1.52. The van der Waals surface area contributed by atoms with Crippen LogP contribution in [0.5, 0.6) is 5.75 Å². The first-order valence-electron chi connectivity index (χ1n) is 3.91. The van der Waals surface area contributed by atoms with Crippen molar-refractivity contribution in [2.45, 2.75) is 0 Å². The average Bonchev–Trinajstić information content (AvgIpc) is 2.13. The molecule has 0 saturated heterocycles. The first kappa shape index (κ1) is 11.4. The van der Waals surface area contributed by atoms with Crippen molar-refractivity contribution in [3.63, 3.8) is 0 Å². The van der Waals surface area contributed by atoms with E-state index in [1.54, 1.807) is 0 Å². The zero-order chi connectivity index (χ0) is 10.6. The average molecular weight is 267 g/mol. The maximum absolute atomic E-state index is 13.0. The van der Waals surface area contributed by atoms with Gasteiger partial charge in [0.25, 0.3) is 0 Å². The van der Waals surface area contributed by atoms with Gasteiger partial charge in [0.2, 0.25) is 0 Å². The molecule has 0 aromatic heterocycles. The summed E-state index contributed by atoms with van der Waals surface area (Å²) in [6.45, 7) is 0.614. The lowest BCUT2D eigenvalue weighted by atomic mass is 10.3. The number of ether oxygens (including phenoxy) is 2. The molecule has 0 bridgehead atoms. The number of hydrogen-bond donors (Lipinski definition) is 0. The van der Waals surface area contributed by atoms with Crippen LogP contribution in [0.4, 0.5) is 8.78 Å². The highest BCUT2D eigenvalue weighted by atomic mass is 79.9. The molecule has 0 aliphatic carbocycles. The molecule has 0 aliphatic heterocycles. The number of halogens is 3. The highest BCUT2D eigenvalue weighted by Gasteiger charge is 2.09. The Kier molecular flexibility index (Phi) is 4.28. The molecule has 0 amide bonds. The molecule has 0 aliphatic rings. The minimum atomic E-state index is -0.683. The highest BCUT2D eigenvalue weighted by molar-refractivity contribution is 9.10. The van der Waals surface area contributed by atoms with Crippen LogP contribution < -0.4 is 4.74 Å². The van der Waals surface area contributed by atoms with E-state index in [0.717, 1.165) is 12.1 Å². The van der Waals surface area contributed by atoms with Gasteiger partial charge in [-0.1, -0.05) is 0 Å². The van der Waals surface area contributed by atoms with Crippen molar-refractivity contribution in [2.24, 2.45) is 0 Å². The minimum absolute atomic E-state index is 0.120. The third-order valence-electron chi connectivity index (χ3n) is 1.50. The Hall–Kier alpha value is -0.680. The summed E-state index contributed by atoms with van der Waals surface area (Å²) in [5.74, 6) is -1.21. The predicted octanol–water partition coefficient (Wildman–Crippen LogP) is 2.75. The van der Waals surface area contributed by atoms with E-state index < -0.39 is 11.6 Å². The van der Waals surface area contributed by atoms with Gasteiger partial charge in [-0.3, -0.25) is 0 Å². The zero-order valence-electron chi connectivity index (χ0n) is 7.52. The molecule has 78 valence electrons. The van der Waals surface area contributed by atoms with Crippen molar-refractivity contribution < 1.29 is 18.3 Å². The molecular formula is C9H9BrF2O2. The summed E-state index contributed by atoms with van der Waals surface area (Å²) in [5.41, 5.74) is 0. The molecular weight excluding hydrogens is 258 g/mol. The maximum atomic E-state index is 13.0. The lowest BCUT2D eigenvalue weighted by Gasteiger charge is -2.08. The highest BCUT2D eigenvalue weighted by Crippen LogP contribution is 2.28. The second-order valence-corrected chi connectivity index (χ2v) is 3.33. The zero-order valence-corrected chi connectivity index (χ0v) is 9.11. The van der Waals surface area contributed by atoms with Crippen molar-refractivity contribution in [1.29, 1.82) is 0 Å². The number of methoxy groups -OCH3 is 1. The minimum Gasteiger partial charge on any atom is -0.490 e. The molecule has 1 rings (SSSR count). The van der Waals surface area contributed by atoms with Crippen molar-refractivity contribution in [2.75, 3.05) is 20.3 Å². The van der Waals surface area contributed by atoms with Crippen molar-refractivity contribution in [1.82, 2.24) is 0 Å². The lowest BCUT2D eigenvalue weighted by Crippen LogP contribution is -2.05. The molecule has 0 unspecified atom stereocenters. The summed E-state index contributed by atoms with van der Waals surface area (Å²) in [4.78, 5) is 0. The van der Waals surface area contributed by atoms with Crippen LogP contribution in [0.2, 0.25) is 0 Å². The third kappa shape index (κ3) is 2.92. The van der Waals surface area contributed by atoms with E-state index in [1.165, 1.54) is 7.11 Å². The summed E-state index contributed by atoms with van der Waals surface area (Å²) in [6, 6.07) is 1.90. The molecule has 0 radical (unpaired) electrons. The van der Waals surface area contributed by atoms with Gasteiger partial charge in [-0.25, -0.2) is 8.78 Å². The van der Waals surface area contributed by atoms with Gasteiger partial charge in [0.15, 0.2) is 0 Å². The molecule has 1 aromatic carbocycles. The molecule has 0 spiro atoms. The number of rotatable bonds is 4. The van der Waals surface area contributed by atoms with Gasteiger partial charge in [-0.05, 0) is 15.9 Å². The maximum Gasteiger partial charge on any atom is 0.144 e. The smallest absolute Gasteiger partial charge is 0.144 e. The fourth-order valence-electron chi connectivity index (χ4n) is 0.872. The largest absolute Gasteiger partial charge is 0.490 e. The Bertz CT molecular complexity index is 318. The Morgan fingerprint density at radius 3 is 2.64 bits per heavy atom. The van der Waals surface area contributed by atoms with Crippen LogP contribution in [0.1, 0.15) is 0 Å². The first-order valence-corrected chi connectivity index (χ1v) is 4.70. The van der Waals surface area contributed by atoms with Crippen LogP contribution in [0, 0.1) is 11.6 Å². The third-order valence-corrected chi connectivity index (χ3v) is 2.27. The Balaban J connectivity index is 2.75. The lowest BCUT2D eigenvalue weighted by molar-refractivity contribution is 0.145. The molecule has 1 aromatic rings. The standard InChI is InChI=1S/C9H9BrF2O2/c1-13-2-3-14-8-5-6(11)4-7(12)9(8)10/h4-5H,2-3H2,1H3. The molecule has 0 saturated carbocycles. The van der Waals surface area contributed by atoms with E-state index >= 15 is 0 Å². The number of benzene rings is 1. The van der Waals surface area contributed by atoms with Gasteiger partial charge in [0.05, 0.1) is 11.1 Å². The first-order chi connectivity index (χ1) is 6.65. The predicted molar refractivity (Wildman–Crippen MR) is 51.4 cm³/mol. The molecule has 14 heavy (non-hydrogen) atoms. The van der Waals surface area contributed by atoms with Gasteiger partial charge in [-0.2, -0.15) is 0 Å². The van der Waals surface area contributed by atoms with Gasteiger partial charge in [0.1, 0.15) is 24.0 Å². The fraction of sp³-hybridized carbons (Fsp3) is 0.333. The monoisotopic (exact) mass is 266 g/mol. The van der Waals surface area contributed by atoms with Gasteiger partial charge in [-0.15, -0.1) is 0 Å². The topological polar surface area (TPSA) is 18.5 Å².